The molecule has 0 bridgehead atoms. The zero-order chi connectivity index (χ0) is 20.1. The van der Waals surface area contributed by atoms with E-state index in [4.69, 9.17) is 9.15 Å². The molecule has 3 rings (SSSR count). The number of amides is 1. The number of hydrogen-bond donors (Lipinski definition) is 1. The Labute approximate surface area is 164 Å². The van der Waals surface area contributed by atoms with Gasteiger partial charge in [-0.05, 0) is 31.9 Å². The molecule has 152 valence electrons. The standard InChI is InChI=1S/C19H25N3O5S/c1-3-26-19(23)22-11-7-10-16(21-28(2,24)25)17(22)12-15-13-27-18(20-15)14-8-5-4-6-9-14/h4-6,8-9,13,16-17,21H,3,7,10-12H2,1-2H3/t16-,17-/m0/s1. The molecule has 1 fully saturated rings. The maximum Gasteiger partial charge on any atom is 0.410 e. The lowest BCUT2D eigenvalue weighted by Crippen LogP contribution is -2.57. The Morgan fingerprint density at radius 2 is 2.11 bits per heavy atom. The zero-order valence-corrected chi connectivity index (χ0v) is 16.8. The highest BCUT2D eigenvalue weighted by Crippen LogP contribution is 2.25. The topological polar surface area (TPSA) is 102 Å². The van der Waals surface area contributed by atoms with E-state index in [0.29, 0.717) is 37.4 Å². The molecule has 1 aliphatic heterocycles. The van der Waals surface area contributed by atoms with Crippen molar-refractivity contribution >= 4 is 16.1 Å². The molecule has 8 nitrogen and oxygen atoms in total. The van der Waals surface area contributed by atoms with Gasteiger partial charge in [-0.1, -0.05) is 18.2 Å². The number of aromatic nitrogens is 1. The van der Waals surface area contributed by atoms with Gasteiger partial charge in [0.1, 0.15) is 6.26 Å². The first-order chi connectivity index (χ1) is 13.4. The number of nitrogens with one attached hydrogen (secondary N) is 1. The lowest BCUT2D eigenvalue weighted by molar-refractivity contribution is 0.0675. The molecular formula is C19H25N3O5S. The van der Waals surface area contributed by atoms with Gasteiger partial charge in [0.25, 0.3) is 0 Å². The van der Waals surface area contributed by atoms with Crippen molar-refractivity contribution in [1.29, 1.82) is 0 Å². The van der Waals surface area contributed by atoms with E-state index in [2.05, 4.69) is 9.71 Å². The van der Waals surface area contributed by atoms with Crippen molar-refractivity contribution in [2.24, 2.45) is 0 Å². The SMILES string of the molecule is CCOC(=O)N1CCC[C@H](NS(C)(=O)=O)[C@@H]1Cc1coc(-c2ccccc2)n1. The van der Waals surface area contributed by atoms with Crippen molar-refractivity contribution in [2.45, 2.75) is 38.3 Å². The minimum Gasteiger partial charge on any atom is -0.450 e. The largest absolute Gasteiger partial charge is 0.450 e. The third-order valence-electron chi connectivity index (χ3n) is 4.64. The van der Waals surface area contributed by atoms with E-state index in [1.54, 1.807) is 18.1 Å². The van der Waals surface area contributed by atoms with E-state index in [1.165, 1.54) is 0 Å². The molecule has 2 aromatic rings. The van der Waals surface area contributed by atoms with Gasteiger partial charge in [-0.2, -0.15) is 0 Å². The summed E-state index contributed by atoms with van der Waals surface area (Å²) in [7, 11) is -3.42. The van der Waals surface area contributed by atoms with Crippen LogP contribution in [0.2, 0.25) is 0 Å². The summed E-state index contributed by atoms with van der Waals surface area (Å²) in [6, 6.07) is 8.68. The van der Waals surface area contributed by atoms with Gasteiger partial charge in [-0.3, -0.25) is 0 Å². The second kappa shape index (κ2) is 8.74. The number of ether oxygens (including phenoxy) is 1. The van der Waals surface area contributed by atoms with Crippen molar-refractivity contribution in [3.05, 3.63) is 42.3 Å². The number of benzene rings is 1. The summed E-state index contributed by atoms with van der Waals surface area (Å²) in [4.78, 5) is 18.5. The highest BCUT2D eigenvalue weighted by molar-refractivity contribution is 7.88. The molecule has 2 heterocycles. The average molecular weight is 407 g/mol. The van der Waals surface area contributed by atoms with Crippen LogP contribution in [0.5, 0.6) is 0 Å². The summed E-state index contributed by atoms with van der Waals surface area (Å²) in [6.07, 6.45) is 3.92. The van der Waals surface area contributed by atoms with E-state index >= 15 is 0 Å². The van der Waals surface area contributed by atoms with Crippen molar-refractivity contribution in [1.82, 2.24) is 14.6 Å². The van der Waals surface area contributed by atoms with Gasteiger partial charge in [-0.15, -0.1) is 0 Å². The Bertz CT molecular complexity index is 897. The molecule has 0 unspecified atom stereocenters. The summed E-state index contributed by atoms with van der Waals surface area (Å²) in [5, 5.41) is 0. The first kappa shape index (κ1) is 20.3. The van der Waals surface area contributed by atoms with E-state index in [-0.39, 0.29) is 6.61 Å². The molecule has 1 N–H and O–H groups in total. The number of sulfonamides is 1. The maximum atomic E-state index is 12.4. The summed E-state index contributed by atoms with van der Waals surface area (Å²) >= 11 is 0. The van der Waals surface area contributed by atoms with Gasteiger partial charge >= 0.3 is 6.09 Å². The molecule has 1 aromatic carbocycles. The fourth-order valence-corrected chi connectivity index (χ4v) is 4.31. The van der Waals surface area contributed by atoms with Crippen molar-refractivity contribution in [3.8, 4) is 11.5 Å². The number of carbonyl (C=O) groups is 1. The van der Waals surface area contributed by atoms with E-state index in [1.807, 2.05) is 30.3 Å². The van der Waals surface area contributed by atoms with Crippen LogP contribution in [0.4, 0.5) is 4.79 Å². The van der Waals surface area contributed by atoms with Crippen molar-refractivity contribution in [3.63, 3.8) is 0 Å². The van der Waals surface area contributed by atoms with Crippen LogP contribution < -0.4 is 4.72 Å². The summed E-state index contributed by atoms with van der Waals surface area (Å²) in [5.74, 6) is 0.488. The van der Waals surface area contributed by atoms with Gasteiger partial charge < -0.3 is 14.1 Å². The Balaban J connectivity index is 1.84. The molecule has 0 saturated carbocycles. The number of rotatable bonds is 6. The van der Waals surface area contributed by atoms with E-state index in [0.717, 1.165) is 11.8 Å². The fourth-order valence-electron chi connectivity index (χ4n) is 3.48. The minimum absolute atomic E-state index is 0.258. The smallest absolute Gasteiger partial charge is 0.410 e. The summed E-state index contributed by atoms with van der Waals surface area (Å²) < 4.78 is 37.0. The van der Waals surface area contributed by atoms with E-state index < -0.39 is 28.2 Å². The lowest BCUT2D eigenvalue weighted by Gasteiger charge is -2.40. The van der Waals surface area contributed by atoms with Crippen LogP contribution in [0.1, 0.15) is 25.5 Å². The van der Waals surface area contributed by atoms with Crippen LogP contribution in [0, 0.1) is 0 Å². The van der Waals surface area contributed by atoms with Crippen LogP contribution in [-0.2, 0) is 21.2 Å². The van der Waals surface area contributed by atoms with Crippen LogP contribution in [-0.4, -0.2) is 55.9 Å². The molecule has 0 spiro atoms. The lowest BCUT2D eigenvalue weighted by atomic mass is 9.94. The fraction of sp³-hybridized carbons (Fsp3) is 0.474. The van der Waals surface area contributed by atoms with Gasteiger partial charge in [0.15, 0.2) is 0 Å². The van der Waals surface area contributed by atoms with Crippen LogP contribution in [0.25, 0.3) is 11.5 Å². The van der Waals surface area contributed by atoms with Gasteiger partial charge in [0.2, 0.25) is 15.9 Å². The highest BCUT2D eigenvalue weighted by atomic mass is 32.2. The second-order valence-corrected chi connectivity index (χ2v) is 8.59. The maximum absolute atomic E-state index is 12.4. The van der Waals surface area contributed by atoms with Crippen LogP contribution in [0.3, 0.4) is 0 Å². The van der Waals surface area contributed by atoms with Crippen LogP contribution in [0.15, 0.2) is 41.0 Å². The first-order valence-corrected chi connectivity index (χ1v) is 11.2. The second-order valence-electron chi connectivity index (χ2n) is 6.81. The number of oxazole rings is 1. The third-order valence-corrected chi connectivity index (χ3v) is 5.37. The summed E-state index contributed by atoms with van der Waals surface area (Å²) in [5.41, 5.74) is 1.51. The molecule has 28 heavy (non-hydrogen) atoms. The Morgan fingerprint density at radius 1 is 1.36 bits per heavy atom. The van der Waals surface area contributed by atoms with Gasteiger partial charge in [0.05, 0.1) is 24.6 Å². The number of hydrogen-bond acceptors (Lipinski definition) is 6. The van der Waals surface area contributed by atoms with E-state index in [9.17, 15) is 13.2 Å². The minimum atomic E-state index is -3.42. The molecule has 0 aliphatic carbocycles. The predicted molar refractivity (Wildman–Crippen MR) is 104 cm³/mol. The Morgan fingerprint density at radius 3 is 2.79 bits per heavy atom. The molecule has 1 amide bonds. The molecule has 1 saturated heterocycles. The molecule has 1 aliphatic rings. The Hall–Kier alpha value is -2.39. The van der Waals surface area contributed by atoms with Gasteiger partial charge in [-0.25, -0.2) is 22.9 Å². The number of nitrogens with zero attached hydrogens (tertiary/aromatic N) is 2. The monoisotopic (exact) mass is 407 g/mol. The van der Waals surface area contributed by atoms with Crippen molar-refractivity contribution < 1.29 is 22.4 Å². The normalized spacial score (nSPS) is 20.1. The first-order valence-electron chi connectivity index (χ1n) is 9.28. The highest BCUT2D eigenvalue weighted by Gasteiger charge is 2.37. The molecule has 2 atom stereocenters. The number of likely N-dealkylation sites (tertiary alicyclic amines) is 1. The quantitative estimate of drug-likeness (QED) is 0.789. The summed E-state index contributed by atoms with van der Waals surface area (Å²) in [6.45, 7) is 2.51. The molecule has 0 radical (unpaired) electrons. The average Bonchev–Trinajstić information content (AvgIpc) is 3.11. The number of piperidine rings is 1. The van der Waals surface area contributed by atoms with Crippen molar-refractivity contribution in [2.75, 3.05) is 19.4 Å². The Kier molecular flexibility index (Phi) is 6.35. The predicted octanol–water partition coefficient (Wildman–Crippen LogP) is 2.42. The third kappa shape index (κ3) is 5.11. The zero-order valence-electron chi connectivity index (χ0n) is 16.0. The molecule has 9 heteroatoms. The molecular weight excluding hydrogens is 382 g/mol. The van der Waals surface area contributed by atoms with Crippen LogP contribution >= 0.6 is 0 Å². The molecule has 1 aromatic heterocycles. The number of carbonyl (C=O) groups excluding carboxylic acids is 1. The van der Waals surface area contributed by atoms with Gasteiger partial charge in [0, 0.05) is 24.6 Å².